The van der Waals surface area contributed by atoms with E-state index >= 15 is 0 Å². The minimum atomic E-state index is -3.41. The van der Waals surface area contributed by atoms with Crippen LogP contribution in [0.25, 0.3) is 0 Å². The van der Waals surface area contributed by atoms with Gasteiger partial charge in [0.1, 0.15) is 0 Å². The molecule has 0 amide bonds. The predicted molar refractivity (Wildman–Crippen MR) is 75.1 cm³/mol. The minimum Gasteiger partial charge on any atom is -0.316 e. The van der Waals surface area contributed by atoms with Crippen LogP contribution in [0.2, 0.25) is 0 Å². The summed E-state index contributed by atoms with van der Waals surface area (Å²) in [5.74, 6) is 0. The predicted octanol–water partition coefficient (Wildman–Crippen LogP) is 1.76. The molecule has 1 atom stereocenters. The standard InChI is InChI=1S/C10H15BrN2O2S.ClH/c1-8(12-2)7-13-16(14,15)10-5-3-4-9(11)6-10;/h3-6,8,12-13H,7H2,1-2H3;1H. The summed E-state index contributed by atoms with van der Waals surface area (Å²) in [4.78, 5) is 0.269. The van der Waals surface area contributed by atoms with E-state index in [1.807, 2.05) is 6.92 Å². The Morgan fingerprint density at radius 2 is 2.06 bits per heavy atom. The van der Waals surface area contributed by atoms with Crippen LogP contribution >= 0.6 is 28.3 Å². The summed E-state index contributed by atoms with van der Waals surface area (Å²) < 4.78 is 27.0. The normalized spacial score (nSPS) is 12.9. The molecule has 1 unspecified atom stereocenters. The SMILES string of the molecule is CNC(C)CNS(=O)(=O)c1cccc(Br)c1.Cl. The van der Waals surface area contributed by atoms with Gasteiger partial charge in [-0.1, -0.05) is 22.0 Å². The van der Waals surface area contributed by atoms with Crippen molar-refractivity contribution in [3.63, 3.8) is 0 Å². The van der Waals surface area contributed by atoms with E-state index in [1.165, 1.54) is 0 Å². The van der Waals surface area contributed by atoms with Crippen molar-refractivity contribution in [2.24, 2.45) is 0 Å². The van der Waals surface area contributed by atoms with E-state index in [4.69, 9.17) is 0 Å². The molecular formula is C10H16BrClN2O2S. The number of benzene rings is 1. The van der Waals surface area contributed by atoms with Crippen LogP contribution in [-0.2, 0) is 10.0 Å². The topological polar surface area (TPSA) is 58.2 Å². The van der Waals surface area contributed by atoms with Gasteiger partial charge in [-0.15, -0.1) is 12.4 Å². The zero-order valence-electron chi connectivity index (χ0n) is 9.60. The molecule has 17 heavy (non-hydrogen) atoms. The third kappa shape index (κ3) is 5.35. The smallest absolute Gasteiger partial charge is 0.240 e. The van der Waals surface area contributed by atoms with Crippen molar-refractivity contribution in [3.8, 4) is 0 Å². The van der Waals surface area contributed by atoms with E-state index in [-0.39, 0.29) is 23.3 Å². The van der Waals surface area contributed by atoms with Crippen molar-refractivity contribution >= 4 is 38.4 Å². The lowest BCUT2D eigenvalue weighted by molar-refractivity contribution is 0.554. The van der Waals surface area contributed by atoms with Crippen molar-refractivity contribution < 1.29 is 8.42 Å². The van der Waals surface area contributed by atoms with E-state index in [9.17, 15) is 8.42 Å². The monoisotopic (exact) mass is 342 g/mol. The van der Waals surface area contributed by atoms with Crippen LogP contribution in [0.15, 0.2) is 33.6 Å². The zero-order chi connectivity index (χ0) is 12.2. The summed E-state index contributed by atoms with van der Waals surface area (Å²) in [6.07, 6.45) is 0. The first-order chi connectivity index (χ1) is 7.45. The first-order valence-corrected chi connectivity index (χ1v) is 7.16. The minimum absolute atomic E-state index is 0. The molecule has 0 fully saturated rings. The summed E-state index contributed by atoms with van der Waals surface area (Å²) in [5, 5.41) is 2.96. The van der Waals surface area contributed by atoms with Gasteiger partial charge in [0.15, 0.2) is 0 Å². The summed E-state index contributed by atoms with van der Waals surface area (Å²) >= 11 is 3.24. The van der Waals surface area contributed by atoms with Crippen LogP contribution in [-0.4, -0.2) is 28.1 Å². The second-order valence-corrected chi connectivity index (χ2v) is 6.18. The summed E-state index contributed by atoms with van der Waals surface area (Å²) in [7, 11) is -1.62. The average Bonchev–Trinajstić information content (AvgIpc) is 2.26. The maximum Gasteiger partial charge on any atom is 0.240 e. The molecule has 0 aromatic heterocycles. The highest BCUT2D eigenvalue weighted by atomic mass is 79.9. The number of likely N-dealkylation sites (N-methyl/N-ethyl adjacent to an activating group) is 1. The molecule has 0 spiro atoms. The third-order valence-corrected chi connectivity index (χ3v) is 4.09. The number of halogens is 2. The van der Waals surface area contributed by atoms with Crippen LogP contribution in [0.3, 0.4) is 0 Å². The Labute approximate surface area is 117 Å². The molecule has 98 valence electrons. The molecule has 0 heterocycles. The molecule has 4 nitrogen and oxygen atoms in total. The molecule has 2 N–H and O–H groups in total. The van der Waals surface area contributed by atoms with Crippen LogP contribution in [0.1, 0.15) is 6.92 Å². The Bertz CT molecular complexity index is 453. The van der Waals surface area contributed by atoms with Gasteiger partial charge in [-0.05, 0) is 32.2 Å². The maximum atomic E-state index is 11.8. The van der Waals surface area contributed by atoms with Crippen LogP contribution < -0.4 is 10.0 Å². The molecule has 0 saturated heterocycles. The van der Waals surface area contributed by atoms with E-state index in [2.05, 4.69) is 26.0 Å². The molecule has 1 aromatic rings. The fraction of sp³-hybridized carbons (Fsp3) is 0.400. The highest BCUT2D eigenvalue weighted by Crippen LogP contribution is 2.15. The second kappa shape index (κ2) is 7.33. The highest BCUT2D eigenvalue weighted by molar-refractivity contribution is 9.10. The van der Waals surface area contributed by atoms with Gasteiger partial charge in [0.25, 0.3) is 0 Å². The van der Waals surface area contributed by atoms with Gasteiger partial charge >= 0.3 is 0 Å². The summed E-state index contributed by atoms with van der Waals surface area (Å²) in [6.45, 7) is 2.27. The third-order valence-electron chi connectivity index (χ3n) is 2.18. The number of nitrogens with one attached hydrogen (secondary N) is 2. The average molecular weight is 344 g/mol. The molecule has 0 saturated carbocycles. The van der Waals surface area contributed by atoms with Crippen LogP contribution in [0.4, 0.5) is 0 Å². The fourth-order valence-corrected chi connectivity index (χ4v) is 2.78. The van der Waals surface area contributed by atoms with E-state index < -0.39 is 10.0 Å². The number of hydrogen-bond acceptors (Lipinski definition) is 3. The first kappa shape index (κ1) is 16.9. The van der Waals surface area contributed by atoms with Gasteiger partial charge < -0.3 is 5.32 Å². The molecule has 0 bridgehead atoms. The van der Waals surface area contributed by atoms with Gasteiger partial charge in [0.2, 0.25) is 10.0 Å². The molecule has 7 heteroatoms. The fourth-order valence-electron chi connectivity index (χ4n) is 1.05. The largest absolute Gasteiger partial charge is 0.316 e. The number of rotatable bonds is 5. The lowest BCUT2D eigenvalue weighted by atomic mass is 10.4. The van der Waals surface area contributed by atoms with Gasteiger partial charge in [-0.2, -0.15) is 0 Å². The Morgan fingerprint density at radius 1 is 1.41 bits per heavy atom. The van der Waals surface area contributed by atoms with E-state index in [0.717, 1.165) is 4.47 Å². The van der Waals surface area contributed by atoms with Crippen molar-refractivity contribution in [1.82, 2.24) is 10.0 Å². The first-order valence-electron chi connectivity index (χ1n) is 4.88. The lowest BCUT2D eigenvalue weighted by Crippen LogP contribution is -2.37. The molecule has 0 radical (unpaired) electrons. The highest BCUT2D eigenvalue weighted by Gasteiger charge is 2.14. The lowest BCUT2D eigenvalue weighted by Gasteiger charge is -2.11. The Kier molecular flexibility index (Phi) is 7.27. The summed E-state index contributed by atoms with van der Waals surface area (Å²) in [5.41, 5.74) is 0. The van der Waals surface area contributed by atoms with Crippen LogP contribution in [0, 0.1) is 0 Å². The molecule has 0 aliphatic carbocycles. The Hall–Kier alpha value is -0.140. The molecular weight excluding hydrogens is 328 g/mol. The van der Waals surface area contributed by atoms with Crippen molar-refractivity contribution in [2.45, 2.75) is 17.9 Å². The summed E-state index contributed by atoms with van der Waals surface area (Å²) in [6, 6.07) is 6.72. The van der Waals surface area contributed by atoms with Crippen LogP contribution in [0.5, 0.6) is 0 Å². The number of sulfonamides is 1. The zero-order valence-corrected chi connectivity index (χ0v) is 12.8. The quantitative estimate of drug-likeness (QED) is 0.856. The van der Waals surface area contributed by atoms with Crippen molar-refractivity contribution in [2.75, 3.05) is 13.6 Å². The van der Waals surface area contributed by atoms with E-state index in [1.54, 1.807) is 31.3 Å². The molecule has 0 aliphatic heterocycles. The van der Waals surface area contributed by atoms with Gasteiger partial charge in [-0.3, -0.25) is 0 Å². The molecule has 0 aliphatic rings. The van der Waals surface area contributed by atoms with E-state index in [0.29, 0.717) is 6.54 Å². The van der Waals surface area contributed by atoms with Gasteiger partial charge in [0.05, 0.1) is 4.90 Å². The maximum absolute atomic E-state index is 11.8. The van der Waals surface area contributed by atoms with Crippen molar-refractivity contribution in [1.29, 1.82) is 0 Å². The van der Waals surface area contributed by atoms with Gasteiger partial charge in [0, 0.05) is 17.1 Å². The number of hydrogen-bond donors (Lipinski definition) is 2. The van der Waals surface area contributed by atoms with Crippen molar-refractivity contribution in [3.05, 3.63) is 28.7 Å². The Morgan fingerprint density at radius 3 is 2.59 bits per heavy atom. The van der Waals surface area contributed by atoms with Gasteiger partial charge in [-0.25, -0.2) is 13.1 Å². The molecule has 1 aromatic carbocycles. The second-order valence-electron chi connectivity index (χ2n) is 3.50. The Balaban J connectivity index is 0.00000256. The molecule has 1 rings (SSSR count).